The van der Waals surface area contributed by atoms with Crippen molar-refractivity contribution in [3.8, 4) is 0 Å². The van der Waals surface area contributed by atoms with E-state index >= 15 is 0 Å². The fraction of sp³-hybridized carbons (Fsp3) is 0. The first kappa shape index (κ1) is 7.63. The zero-order chi connectivity index (χ0) is 6.10. The lowest BCUT2D eigenvalue weighted by molar-refractivity contribution is 1.23. The average molecular weight is 217 g/mol. The first-order chi connectivity index (χ1) is 4.47. The summed E-state index contributed by atoms with van der Waals surface area (Å²) in [5, 5.41) is 3.14. The number of thiophene rings is 1. The van der Waals surface area contributed by atoms with Crippen LogP contribution in [-0.2, 0) is 0 Å². The van der Waals surface area contributed by atoms with Crippen molar-refractivity contribution < 1.29 is 0 Å². The molecule has 4 heteroatoms. The Kier molecular flexibility index (Phi) is 2.34. The third-order valence-corrected chi connectivity index (χ3v) is 1.97. The topological polar surface area (TPSA) is 25.8 Å². The van der Waals surface area contributed by atoms with Crippen LogP contribution in [0.4, 0.5) is 0 Å². The Labute approximate surface area is 72.7 Å². The van der Waals surface area contributed by atoms with E-state index in [1.165, 1.54) is 0 Å². The van der Waals surface area contributed by atoms with Gasteiger partial charge in [-0.1, -0.05) is 0 Å². The van der Waals surface area contributed by atoms with Crippen molar-refractivity contribution in [1.29, 1.82) is 0 Å². The van der Waals surface area contributed by atoms with Gasteiger partial charge in [-0.15, -0.1) is 28.3 Å². The van der Waals surface area contributed by atoms with Crippen molar-refractivity contribution in [2.45, 2.75) is 0 Å². The average Bonchev–Trinajstić information content (AvgIpc) is 2.33. The Morgan fingerprint density at radius 1 is 1.40 bits per heavy atom. The van der Waals surface area contributed by atoms with E-state index < -0.39 is 0 Å². The predicted molar refractivity (Wildman–Crippen MR) is 47.7 cm³/mol. The van der Waals surface area contributed by atoms with Crippen LogP contribution >= 0.6 is 28.3 Å². The van der Waals surface area contributed by atoms with Crippen molar-refractivity contribution in [3.63, 3.8) is 0 Å². The molecular formula is C6H5BrN2S. The molecule has 0 saturated carbocycles. The van der Waals surface area contributed by atoms with Crippen LogP contribution in [0.3, 0.4) is 0 Å². The zero-order valence-corrected chi connectivity index (χ0v) is 7.55. The van der Waals surface area contributed by atoms with Crippen LogP contribution < -0.4 is 0 Å². The summed E-state index contributed by atoms with van der Waals surface area (Å²) in [7, 11) is 0. The molecule has 0 atom stereocenters. The number of nitrogens with zero attached hydrogens (tertiary/aromatic N) is 2. The summed E-state index contributed by atoms with van der Waals surface area (Å²) < 4.78 is 0. The van der Waals surface area contributed by atoms with Crippen molar-refractivity contribution in [2.24, 2.45) is 0 Å². The Morgan fingerprint density at radius 3 is 3.10 bits per heavy atom. The van der Waals surface area contributed by atoms with E-state index in [9.17, 15) is 0 Å². The molecule has 0 aromatic carbocycles. The highest BCUT2D eigenvalue weighted by Gasteiger charge is 1.90. The number of hydrogen-bond acceptors (Lipinski definition) is 3. The van der Waals surface area contributed by atoms with Gasteiger partial charge in [0.2, 0.25) is 0 Å². The Bertz CT molecular complexity index is 290. The minimum absolute atomic E-state index is 0. The summed E-state index contributed by atoms with van der Waals surface area (Å²) in [5.41, 5.74) is 0. The molecule has 0 unspecified atom stereocenters. The maximum atomic E-state index is 4.05. The molecule has 2 aromatic heterocycles. The van der Waals surface area contributed by atoms with Crippen molar-refractivity contribution in [2.75, 3.05) is 0 Å². The molecule has 0 aliphatic carbocycles. The van der Waals surface area contributed by atoms with Gasteiger partial charge in [0.1, 0.15) is 11.2 Å². The van der Waals surface area contributed by atoms with Gasteiger partial charge in [0.25, 0.3) is 0 Å². The van der Waals surface area contributed by atoms with E-state index in [2.05, 4.69) is 9.97 Å². The van der Waals surface area contributed by atoms with Crippen LogP contribution in [-0.4, -0.2) is 9.97 Å². The van der Waals surface area contributed by atoms with Gasteiger partial charge in [-0.05, 0) is 11.4 Å². The second-order valence-corrected chi connectivity index (χ2v) is 2.60. The van der Waals surface area contributed by atoms with Crippen LogP contribution in [0.25, 0.3) is 10.2 Å². The largest absolute Gasteiger partial charge is 0.244 e. The SMILES string of the molecule is Br.c1ncc2ccsc2n1. The highest BCUT2D eigenvalue weighted by Crippen LogP contribution is 2.14. The maximum Gasteiger partial charge on any atom is 0.126 e. The second kappa shape index (κ2) is 3.07. The summed E-state index contributed by atoms with van der Waals surface area (Å²) in [4.78, 5) is 8.99. The summed E-state index contributed by atoms with van der Waals surface area (Å²) >= 11 is 1.64. The molecule has 10 heavy (non-hydrogen) atoms. The number of hydrogen-bond donors (Lipinski definition) is 0. The van der Waals surface area contributed by atoms with Crippen molar-refractivity contribution >= 4 is 38.5 Å². The molecule has 0 aliphatic rings. The van der Waals surface area contributed by atoms with Crippen LogP contribution in [0.2, 0.25) is 0 Å². The van der Waals surface area contributed by atoms with Crippen LogP contribution in [0.1, 0.15) is 0 Å². The lowest BCUT2D eigenvalue weighted by atomic mass is 10.4. The first-order valence-corrected chi connectivity index (χ1v) is 3.48. The summed E-state index contributed by atoms with van der Waals surface area (Å²) in [6.45, 7) is 0. The van der Waals surface area contributed by atoms with Crippen LogP contribution in [0.5, 0.6) is 0 Å². The highest BCUT2D eigenvalue weighted by atomic mass is 79.9. The van der Waals surface area contributed by atoms with E-state index in [-0.39, 0.29) is 17.0 Å². The number of fused-ring (bicyclic) bond motifs is 1. The van der Waals surface area contributed by atoms with E-state index in [1.54, 1.807) is 17.7 Å². The molecule has 2 aromatic rings. The lowest BCUT2D eigenvalue weighted by Crippen LogP contribution is -1.71. The summed E-state index contributed by atoms with van der Waals surface area (Å²) in [5.74, 6) is 0. The zero-order valence-electron chi connectivity index (χ0n) is 5.02. The van der Waals surface area contributed by atoms with Gasteiger partial charge in [-0.3, -0.25) is 0 Å². The van der Waals surface area contributed by atoms with Crippen LogP contribution in [0.15, 0.2) is 24.0 Å². The van der Waals surface area contributed by atoms with Gasteiger partial charge >= 0.3 is 0 Å². The quantitative estimate of drug-likeness (QED) is 0.676. The Morgan fingerprint density at radius 2 is 2.30 bits per heavy atom. The third kappa shape index (κ3) is 1.17. The van der Waals surface area contributed by atoms with Gasteiger partial charge in [-0.25, -0.2) is 9.97 Å². The second-order valence-electron chi connectivity index (χ2n) is 1.70. The Balaban J connectivity index is 0.000000500. The predicted octanol–water partition coefficient (Wildman–Crippen LogP) is 2.27. The Hall–Kier alpha value is -0.480. The van der Waals surface area contributed by atoms with Gasteiger partial charge in [-0.2, -0.15) is 0 Å². The molecule has 0 spiro atoms. The normalized spacial score (nSPS) is 9.20. The minimum Gasteiger partial charge on any atom is -0.244 e. The smallest absolute Gasteiger partial charge is 0.126 e. The maximum absolute atomic E-state index is 4.05. The van der Waals surface area contributed by atoms with Crippen LogP contribution in [0, 0.1) is 0 Å². The fourth-order valence-corrected chi connectivity index (χ4v) is 1.42. The van der Waals surface area contributed by atoms with Crippen molar-refractivity contribution in [1.82, 2.24) is 9.97 Å². The van der Waals surface area contributed by atoms with E-state index in [1.807, 2.05) is 17.6 Å². The standard InChI is InChI=1S/C6H4N2S.BrH/c1-2-9-6-5(1)3-7-4-8-6;/h1-4H;1H. The van der Waals surface area contributed by atoms with Gasteiger partial charge in [0, 0.05) is 11.6 Å². The monoisotopic (exact) mass is 216 g/mol. The number of rotatable bonds is 0. The van der Waals surface area contributed by atoms with E-state index in [0.29, 0.717) is 0 Å². The molecule has 0 fully saturated rings. The molecule has 0 amide bonds. The molecule has 0 N–H and O–H groups in total. The molecule has 52 valence electrons. The summed E-state index contributed by atoms with van der Waals surface area (Å²) in [6.07, 6.45) is 3.39. The number of aromatic nitrogens is 2. The number of halogens is 1. The van der Waals surface area contributed by atoms with Gasteiger partial charge < -0.3 is 0 Å². The first-order valence-electron chi connectivity index (χ1n) is 2.60. The molecule has 2 nitrogen and oxygen atoms in total. The van der Waals surface area contributed by atoms with E-state index in [0.717, 1.165) is 10.2 Å². The molecule has 0 bridgehead atoms. The summed E-state index contributed by atoms with van der Waals surface area (Å²) in [6, 6.07) is 2.01. The fourth-order valence-electron chi connectivity index (χ4n) is 0.714. The molecule has 2 rings (SSSR count). The highest BCUT2D eigenvalue weighted by molar-refractivity contribution is 8.93. The van der Waals surface area contributed by atoms with Crippen molar-refractivity contribution in [3.05, 3.63) is 24.0 Å². The minimum atomic E-state index is 0. The van der Waals surface area contributed by atoms with Gasteiger partial charge in [0.15, 0.2) is 0 Å². The van der Waals surface area contributed by atoms with E-state index in [4.69, 9.17) is 0 Å². The molecule has 0 aliphatic heterocycles. The third-order valence-electron chi connectivity index (χ3n) is 1.13. The molecule has 0 radical (unpaired) electrons. The molecule has 0 saturated heterocycles. The molecular weight excluding hydrogens is 212 g/mol. The van der Waals surface area contributed by atoms with Gasteiger partial charge in [0.05, 0.1) is 0 Å². The lowest BCUT2D eigenvalue weighted by Gasteiger charge is -1.81. The molecule has 2 heterocycles.